The van der Waals surface area contributed by atoms with Crippen LogP contribution >= 0.6 is 0 Å². The predicted octanol–water partition coefficient (Wildman–Crippen LogP) is 13.4. The van der Waals surface area contributed by atoms with Crippen molar-refractivity contribution in [1.82, 2.24) is 0 Å². The number of aliphatic carboxylic acids is 1. The first-order valence-electron chi connectivity index (χ1n) is 18.0. The molecule has 0 fully saturated rings. The maximum absolute atomic E-state index is 10.5. The molecule has 0 aromatic carbocycles. The molecule has 0 amide bonds. The van der Waals surface area contributed by atoms with Crippen LogP contribution in [0.2, 0.25) is 0 Å². The Morgan fingerprint density at radius 2 is 0.474 bits per heavy atom. The summed E-state index contributed by atoms with van der Waals surface area (Å²) < 4.78 is 0. The number of hydrogen-bond donors (Lipinski definition) is 1. The van der Waals surface area contributed by atoms with Crippen molar-refractivity contribution in [3.63, 3.8) is 0 Å². The number of carboxylic acids is 1. The first kappa shape index (κ1) is 37.5. The molecule has 2 heteroatoms. The molecule has 0 aromatic rings. The second-order valence-electron chi connectivity index (χ2n) is 12.5. The standard InChI is InChI=1S/C36H72O2/c1-2-3-4-5-6-7-8-9-10-11-12-13-14-15-16-17-18-19-20-21-22-23-24-25-26-27-28-29-30-31-32-33-34-35-36(37)38/h2-35H2,1H3,(H,37,38). The van der Waals surface area contributed by atoms with Crippen molar-refractivity contribution >= 4 is 5.97 Å². The van der Waals surface area contributed by atoms with Crippen molar-refractivity contribution in [2.75, 3.05) is 0 Å². The lowest BCUT2D eigenvalue weighted by molar-refractivity contribution is -0.137. The summed E-state index contributed by atoms with van der Waals surface area (Å²) in [6.07, 6.45) is 46.9. The van der Waals surface area contributed by atoms with E-state index in [-0.39, 0.29) is 0 Å². The van der Waals surface area contributed by atoms with Crippen LogP contribution in [-0.2, 0) is 4.79 Å². The zero-order valence-electron chi connectivity index (χ0n) is 26.4. The lowest BCUT2D eigenvalue weighted by atomic mass is 10.0. The Labute approximate surface area is 240 Å². The van der Waals surface area contributed by atoms with Crippen LogP contribution in [0.25, 0.3) is 0 Å². The van der Waals surface area contributed by atoms with Gasteiger partial charge in [-0.25, -0.2) is 0 Å². The van der Waals surface area contributed by atoms with Gasteiger partial charge in [-0.05, 0) is 6.42 Å². The van der Waals surface area contributed by atoms with Crippen molar-refractivity contribution in [2.24, 2.45) is 0 Å². The molecular weight excluding hydrogens is 464 g/mol. The fraction of sp³-hybridized carbons (Fsp3) is 0.972. The Morgan fingerprint density at radius 1 is 0.316 bits per heavy atom. The van der Waals surface area contributed by atoms with Crippen molar-refractivity contribution in [3.8, 4) is 0 Å². The minimum Gasteiger partial charge on any atom is -0.481 e. The van der Waals surface area contributed by atoms with E-state index in [0.717, 1.165) is 12.8 Å². The molecule has 1 N–H and O–H groups in total. The molecule has 2 nitrogen and oxygen atoms in total. The van der Waals surface area contributed by atoms with Crippen LogP contribution in [0.1, 0.15) is 225 Å². The van der Waals surface area contributed by atoms with Gasteiger partial charge in [-0.15, -0.1) is 0 Å². The SMILES string of the molecule is CCCCCCCCCCCCCCCCCCCCCCCCCCCCCCCCCCCC(=O)O. The highest BCUT2D eigenvalue weighted by atomic mass is 16.4. The van der Waals surface area contributed by atoms with Crippen molar-refractivity contribution < 1.29 is 9.90 Å². The van der Waals surface area contributed by atoms with E-state index in [1.165, 1.54) is 199 Å². The van der Waals surface area contributed by atoms with E-state index in [0.29, 0.717) is 6.42 Å². The second-order valence-corrected chi connectivity index (χ2v) is 12.5. The van der Waals surface area contributed by atoms with E-state index in [4.69, 9.17) is 5.11 Å². The highest BCUT2D eigenvalue weighted by Gasteiger charge is 1.98. The van der Waals surface area contributed by atoms with E-state index in [1.54, 1.807) is 0 Å². The summed E-state index contributed by atoms with van der Waals surface area (Å²) >= 11 is 0. The van der Waals surface area contributed by atoms with Gasteiger partial charge in [0.05, 0.1) is 0 Å². The average molecular weight is 537 g/mol. The Bertz CT molecular complexity index is 433. The summed E-state index contributed by atoms with van der Waals surface area (Å²) in [5, 5.41) is 8.63. The van der Waals surface area contributed by atoms with Gasteiger partial charge >= 0.3 is 5.97 Å². The molecule has 0 radical (unpaired) electrons. The zero-order valence-corrected chi connectivity index (χ0v) is 26.4. The van der Waals surface area contributed by atoms with E-state index in [2.05, 4.69) is 6.92 Å². The smallest absolute Gasteiger partial charge is 0.303 e. The number of carbonyl (C=O) groups is 1. The van der Waals surface area contributed by atoms with Gasteiger partial charge < -0.3 is 5.11 Å². The molecule has 0 aliphatic heterocycles. The fourth-order valence-electron chi connectivity index (χ4n) is 5.83. The van der Waals surface area contributed by atoms with Crippen LogP contribution in [0.5, 0.6) is 0 Å². The summed E-state index contributed by atoms with van der Waals surface area (Å²) in [5.41, 5.74) is 0. The van der Waals surface area contributed by atoms with Gasteiger partial charge in [0.1, 0.15) is 0 Å². The lowest BCUT2D eigenvalue weighted by Crippen LogP contribution is -1.93. The van der Waals surface area contributed by atoms with E-state index in [9.17, 15) is 4.79 Å². The maximum atomic E-state index is 10.5. The van der Waals surface area contributed by atoms with Gasteiger partial charge in [0, 0.05) is 6.42 Å². The molecule has 0 aliphatic rings. The largest absolute Gasteiger partial charge is 0.481 e. The molecule has 0 spiro atoms. The lowest BCUT2D eigenvalue weighted by Gasteiger charge is -2.05. The van der Waals surface area contributed by atoms with Gasteiger partial charge in [0.25, 0.3) is 0 Å². The minimum atomic E-state index is -0.647. The average Bonchev–Trinajstić information content (AvgIpc) is 2.91. The molecule has 0 rings (SSSR count). The molecule has 0 aliphatic carbocycles. The molecule has 0 heterocycles. The van der Waals surface area contributed by atoms with Crippen molar-refractivity contribution in [2.45, 2.75) is 225 Å². The fourth-order valence-corrected chi connectivity index (χ4v) is 5.83. The molecule has 0 atom stereocenters. The monoisotopic (exact) mass is 537 g/mol. The summed E-state index contributed by atoms with van der Waals surface area (Å²) in [6.45, 7) is 2.30. The highest BCUT2D eigenvalue weighted by molar-refractivity contribution is 5.66. The highest BCUT2D eigenvalue weighted by Crippen LogP contribution is 2.17. The number of unbranched alkanes of at least 4 members (excludes halogenated alkanes) is 32. The topological polar surface area (TPSA) is 37.3 Å². The first-order chi connectivity index (χ1) is 18.8. The van der Waals surface area contributed by atoms with Crippen molar-refractivity contribution in [1.29, 1.82) is 0 Å². The molecule has 0 saturated carbocycles. The van der Waals surface area contributed by atoms with E-state index >= 15 is 0 Å². The molecular formula is C36H72O2. The van der Waals surface area contributed by atoms with Gasteiger partial charge in [0.15, 0.2) is 0 Å². The van der Waals surface area contributed by atoms with Gasteiger partial charge in [-0.2, -0.15) is 0 Å². The van der Waals surface area contributed by atoms with Gasteiger partial charge in [-0.3, -0.25) is 4.79 Å². The first-order valence-corrected chi connectivity index (χ1v) is 18.0. The molecule has 0 saturated heterocycles. The molecule has 38 heavy (non-hydrogen) atoms. The Balaban J connectivity index is 3.02. The van der Waals surface area contributed by atoms with E-state index in [1.807, 2.05) is 0 Å². The molecule has 228 valence electrons. The second kappa shape index (κ2) is 34.5. The predicted molar refractivity (Wildman–Crippen MR) is 170 cm³/mol. The third-order valence-corrected chi connectivity index (χ3v) is 8.49. The Morgan fingerprint density at radius 3 is 0.632 bits per heavy atom. The van der Waals surface area contributed by atoms with Crippen LogP contribution in [0.4, 0.5) is 0 Å². The Kier molecular flexibility index (Phi) is 34.0. The summed E-state index contributed by atoms with van der Waals surface area (Å²) in [6, 6.07) is 0. The van der Waals surface area contributed by atoms with Crippen LogP contribution in [0.15, 0.2) is 0 Å². The molecule has 0 unspecified atom stereocenters. The van der Waals surface area contributed by atoms with Gasteiger partial charge in [0.2, 0.25) is 0 Å². The van der Waals surface area contributed by atoms with Crippen molar-refractivity contribution in [3.05, 3.63) is 0 Å². The van der Waals surface area contributed by atoms with Crippen LogP contribution in [0, 0.1) is 0 Å². The quantitative estimate of drug-likeness (QED) is 0.0830. The summed E-state index contributed by atoms with van der Waals surface area (Å²) in [7, 11) is 0. The van der Waals surface area contributed by atoms with Gasteiger partial charge in [-0.1, -0.05) is 212 Å². The number of hydrogen-bond acceptors (Lipinski definition) is 1. The maximum Gasteiger partial charge on any atom is 0.303 e. The van der Waals surface area contributed by atoms with Crippen LogP contribution in [0.3, 0.4) is 0 Å². The van der Waals surface area contributed by atoms with Crippen LogP contribution in [-0.4, -0.2) is 11.1 Å². The normalized spacial score (nSPS) is 11.4. The zero-order chi connectivity index (χ0) is 27.6. The third kappa shape index (κ3) is 35.5. The summed E-state index contributed by atoms with van der Waals surface area (Å²) in [4.78, 5) is 10.5. The number of rotatable bonds is 34. The summed E-state index contributed by atoms with van der Waals surface area (Å²) in [5.74, 6) is -0.647. The Hall–Kier alpha value is -0.530. The number of carboxylic acid groups (broad SMARTS) is 1. The van der Waals surface area contributed by atoms with E-state index < -0.39 is 5.97 Å². The third-order valence-electron chi connectivity index (χ3n) is 8.49. The minimum absolute atomic E-state index is 0.347. The molecule has 0 bridgehead atoms. The molecule has 0 aromatic heterocycles. The van der Waals surface area contributed by atoms with Crippen LogP contribution < -0.4 is 0 Å².